The third-order valence-electron chi connectivity index (χ3n) is 4.99. The molecular weight excluding hydrogens is 412 g/mol. The smallest absolute Gasteiger partial charge is 0.238 e. The van der Waals surface area contributed by atoms with Crippen LogP contribution in [0.2, 0.25) is 0 Å². The van der Waals surface area contributed by atoms with E-state index in [1.165, 1.54) is 12.1 Å². The highest BCUT2D eigenvalue weighted by molar-refractivity contribution is 7.89. The molecule has 0 fully saturated rings. The molecule has 6 nitrogen and oxygen atoms in total. The van der Waals surface area contributed by atoms with Gasteiger partial charge < -0.3 is 10.1 Å². The van der Waals surface area contributed by atoms with E-state index in [1.54, 1.807) is 19.2 Å². The molecule has 3 N–H and O–H groups in total. The van der Waals surface area contributed by atoms with Gasteiger partial charge in [-0.3, -0.25) is 4.79 Å². The largest absolute Gasteiger partial charge is 0.497 e. The number of sulfonamides is 1. The number of nitrogens with two attached hydrogens (primary N) is 1. The highest BCUT2D eigenvalue weighted by atomic mass is 32.2. The first-order valence-corrected chi connectivity index (χ1v) is 11.5. The van der Waals surface area contributed by atoms with E-state index in [9.17, 15) is 13.2 Å². The predicted molar refractivity (Wildman–Crippen MR) is 122 cm³/mol. The van der Waals surface area contributed by atoms with Crippen LogP contribution in [0.15, 0.2) is 83.8 Å². The Kier molecular flexibility index (Phi) is 7.44. The molecule has 0 aliphatic carbocycles. The van der Waals surface area contributed by atoms with Crippen molar-refractivity contribution in [2.24, 2.45) is 5.14 Å². The minimum atomic E-state index is -3.76. The molecule has 3 aromatic carbocycles. The third-order valence-corrected chi connectivity index (χ3v) is 5.92. The van der Waals surface area contributed by atoms with Gasteiger partial charge in [-0.25, -0.2) is 13.6 Å². The van der Waals surface area contributed by atoms with Crippen LogP contribution < -0.4 is 15.2 Å². The van der Waals surface area contributed by atoms with Crippen molar-refractivity contribution in [3.8, 4) is 5.75 Å². The lowest BCUT2D eigenvalue weighted by atomic mass is 9.97. The summed E-state index contributed by atoms with van der Waals surface area (Å²) in [7, 11) is -2.16. The summed E-state index contributed by atoms with van der Waals surface area (Å²) >= 11 is 0. The SMILES string of the molecule is COc1cccc(C(CC(=O)CCc2ccccc2)Nc2ccc(S(N)(=O)=O)cc2)c1. The van der Waals surface area contributed by atoms with Gasteiger partial charge in [0.2, 0.25) is 10.0 Å². The van der Waals surface area contributed by atoms with Crippen molar-refractivity contribution in [2.75, 3.05) is 12.4 Å². The molecule has 0 aliphatic rings. The van der Waals surface area contributed by atoms with Gasteiger partial charge in [-0.1, -0.05) is 42.5 Å². The number of benzene rings is 3. The summed E-state index contributed by atoms with van der Waals surface area (Å²) in [6.45, 7) is 0. The maximum Gasteiger partial charge on any atom is 0.238 e. The molecule has 7 heteroatoms. The molecule has 0 radical (unpaired) electrons. The standard InChI is InChI=1S/C24H26N2O4S/c1-30-22-9-5-8-19(16-22)24(17-21(27)13-10-18-6-3-2-4-7-18)26-20-11-14-23(15-12-20)31(25,28)29/h2-9,11-12,14-16,24,26H,10,13,17H2,1H3,(H2,25,28,29). The van der Waals surface area contributed by atoms with Crippen molar-refractivity contribution in [3.05, 3.63) is 90.0 Å². The Morgan fingerprint density at radius 1 is 1.00 bits per heavy atom. The van der Waals surface area contributed by atoms with E-state index in [1.807, 2.05) is 54.6 Å². The average molecular weight is 439 g/mol. The summed E-state index contributed by atoms with van der Waals surface area (Å²) in [5.41, 5.74) is 2.72. The number of ether oxygens (including phenoxy) is 1. The van der Waals surface area contributed by atoms with Gasteiger partial charge in [0.1, 0.15) is 11.5 Å². The summed E-state index contributed by atoms with van der Waals surface area (Å²) in [6, 6.07) is 23.3. The summed E-state index contributed by atoms with van der Waals surface area (Å²) in [6.07, 6.45) is 1.42. The summed E-state index contributed by atoms with van der Waals surface area (Å²) in [5, 5.41) is 8.51. The molecule has 1 atom stereocenters. The van der Waals surface area contributed by atoms with Crippen LogP contribution in [0.25, 0.3) is 0 Å². The number of rotatable bonds is 10. The summed E-state index contributed by atoms with van der Waals surface area (Å²) < 4.78 is 28.3. The molecular formula is C24H26N2O4S. The molecule has 162 valence electrons. The van der Waals surface area contributed by atoms with E-state index in [0.29, 0.717) is 24.3 Å². The zero-order valence-corrected chi connectivity index (χ0v) is 18.1. The van der Waals surface area contributed by atoms with Crippen LogP contribution in [0.3, 0.4) is 0 Å². The number of hydrogen-bond donors (Lipinski definition) is 2. The number of Topliss-reactive ketones (excluding diaryl/α,β-unsaturated/α-hetero) is 1. The molecule has 3 aromatic rings. The fourth-order valence-electron chi connectivity index (χ4n) is 3.31. The zero-order valence-electron chi connectivity index (χ0n) is 17.3. The normalized spacial score (nSPS) is 12.2. The monoisotopic (exact) mass is 438 g/mol. The zero-order chi connectivity index (χ0) is 22.3. The highest BCUT2D eigenvalue weighted by Crippen LogP contribution is 2.27. The number of aryl methyl sites for hydroxylation is 1. The number of carbonyl (C=O) groups is 1. The molecule has 0 spiro atoms. The first-order valence-electron chi connectivity index (χ1n) is 9.94. The molecule has 31 heavy (non-hydrogen) atoms. The number of hydrogen-bond acceptors (Lipinski definition) is 5. The number of carbonyl (C=O) groups excluding carboxylic acids is 1. The second kappa shape index (κ2) is 10.2. The van der Waals surface area contributed by atoms with Gasteiger partial charge in [0, 0.05) is 18.5 Å². The minimum absolute atomic E-state index is 0.0370. The fraction of sp³-hybridized carbons (Fsp3) is 0.208. The van der Waals surface area contributed by atoms with Crippen LogP contribution in [0.5, 0.6) is 5.75 Å². The van der Waals surface area contributed by atoms with Crippen molar-refractivity contribution in [3.63, 3.8) is 0 Å². The Morgan fingerprint density at radius 2 is 1.71 bits per heavy atom. The van der Waals surface area contributed by atoms with Gasteiger partial charge in [0.15, 0.2) is 0 Å². The van der Waals surface area contributed by atoms with Crippen molar-refractivity contribution >= 4 is 21.5 Å². The second-order valence-corrected chi connectivity index (χ2v) is 8.83. The lowest BCUT2D eigenvalue weighted by Gasteiger charge is -2.21. The lowest BCUT2D eigenvalue weighted by Crippen LogP contribution is -2.16. The van der Waals surface area contributed by atoms with Gasteiger partial charge in [-0.05, 0) is 53.9 Å². The van der Waals surface area contributed by atoms with E-state index in [0.717, 1.165) is 11.1 Å². The predicted octanol–water partition coefficient (Wildman–Crippen LogP) is 4.09. The lowest BCUT2D eigenvalue weighted by molar-refractivity contribution is -0.119. The maximum atomic E-state index is 12.8. The van der Waals surface area contributed by atoms with E-state index >= 15 is 0 Å². The summed E-state index contributed by atoms with van der Waals surface area (Å²) in [5.74, 6) is 0.830. The number of nitrogens with one attached hydrogen (secondary N) is 1. The Bertz CT molecular complexity index is 1110. The fourth-order valence-corrected chi connectivity index (χ4v) is 3.83. The second-order valence-electron chi connectivity index (χ2n) is 7.27. The molecule has 0 aliphatic heterocycles. The van der Waals surface area contributed by atoms with Crippen LogP contribution >= 0.6 is 0 Å². The number of methoxy groups -OCH3 is 1. The van der Waals surface area contributed by atoms with Crippen molar-refractivity contribution in [1.29, 1.82) is 0 Å². The van der Waals surface area contributed by atoms with Crippen LogP contribution in [0.4, 0.5) is 5.69 Å². The van der Waals surface area contributed by atoms with Gasteiger partial charge in [-0.15, -0.1) is 0 Å². The van der Waals surface area contributed by atoms with Gasteiger partial charge >= 0.3 is 0 Å². The minimum Gasteiger partial charge on any atom is -0.497 e. The Labute approximate surface area is 183 Å². The molecule has 0 saturated heterocycles. The Hall–Kier alpha value is -3.16. The number of anilines is 1. The first kappa shape index (κ1) is 22.5. The van der Waals surface area contributed by atoms with Crippen LogP contribution in [-0.2, 0) is 21.2 Å². The molecule has 0 saturated carbocycles. The average Bonchev–Trinajstić information content (AvgIpc) is 2.78. The molecule has 1 unspecified atom stereocenters. The molecule has 3 rings (SSSR count). The van der Waals surface area contributed by atoms with Crippen LogP contribution in [0.1, 0.15) is 30.0 Å². The molecule has 0 bridgehead atoms. The van der Waals surface area contributed by atoms with Gasteiger partial charge in [0.05, 0.1) is 18.0 Å². The van der Waals surface area contributed by atoms with E-state index in [4.69, 9.17) is 9.88 Å². The summed E-state index contributed by atoms with van der Waals surface area (Å²) in [4.78, 5) is 12.8. The third kappa shape index (κ3) is 6.67. The van der Waals surface area contributed by atoms with E-state index in [-0.39, 0.29) is 23.1 Å². The van der Waals surface area contributed by atoms with Gasteiger partial charge in [-0.2, -0.15) is 0 Å². The van der Waals surface area contributed by atoms with Crippen molar-refractivity contribution in [1.82, 2.24) is 0 Å². The maximum absolute atomic E-state index is 12.8. The molecule has 0 aromatic heterocycles. The Balaban J connectivity index is 1.76. The van der Waals surface area contributed by atoms with Crippen LogP contribution in [0, 0.1) is 0 Å². The quantitative estimate of drug-likeness (QED) is 0.497. The molecule has 0 amide bonds. The molecule has 0 heterocycles. The van der Waals surface area contributed by atoms with E-state index < -0.39 is 10.0 Å². The number of primary sulfonamides is 1. The van der Waals surface area contributed by atoms with Crippen LogP contribution in [-0.4, -0.2) is 21.3 Å². The Morgan fingerprint density at radius 3 is 2.35 bits per heavy atom. The van der Waals surface area contributed by atoms with Crippen molar-refractivity contribution in [2.45, 2.75) is 30.2 Å². The first-order chi connectivity index (χ1) is 14.8. The number of ketones is 1. The highest BCUT2D eigenvalue weighted by Gasteiger charge is 2.17. The topological polar surface area (TPSA) is 98.5 Å². The van der Waals surface area contributed by atoms with Gasteiger partial charge in [0.25, 0.3) is 0 Å². The van der Waals surface area contributed by atoms with E-state index in [2.05, 4.69) is 5.32 Å². The van der Waals surface area contributed by atoms with Crippen molar-refractivity contribution < 1.29 is 17.9 Å².